The van der Waals surface area contributed by atoms with Crippen LogP contribution in [0.5, 0.6) is 0 Å². The molecule has 0 heterocycles. The van der Waals surface area contributed by atoms with E-state index in [-0.39, 0.29) is 16.8 Å². The average molecular weight is 556 g/mol. The van der Waals surface area contributed by atoms with E-state index in [4.69, 9.17) is 9.96 Å². The van der Waals surface area contributed by atoms with Crippen LogP contribution in [0.15, 0.2) is 36.4 Å². The van der Waals surface area contributed by atoms with Crippen molar-refractivity contribution >= 4 is 27.8 Å². The smallest absolute Gasteiger partial charge is 0.687 e. The quantitative estimate of drug-likeness (QED) is 0.290. The Bertz CT molecular complexity index is 780. The van der Waals surface area contributed by atoms with Crippen LogP contribution in [0.2, 0.25) is 39.3 Å². The Kier molecular flexibility index (Phi) is 13.7. The number of nitrogens with zero attached hydrogens (tertiary/aromatic N) is 2. The van der Waals surface area contributed by atoms with Gasteiger partial charge in [-0.25, -0.2) is 0 Å². The molecule has 0 saturated heterocycles. The summed E-state index contributed by atoms with van der Waals surface area (Å²) in [6.07, 6.45) is 0. The summed E-state index contributed by atoms with van der Waals surface area (Å²) >= 11 is 0. The molecule has 35 heavy (non-hydrogen) atoms. The summed E-state index contributed by atoms with van der Waals surface area (Å²) in [7, 11) is -2.86. The molecule has 0 aliphatic rings. The van der Waals surface area contributed by atoms with Gasteiger partial charge in [0.1, 0.15) is 0 Å². The largest absolute Gasteiger partial charge is 2.00 e. The molecule has 0 N–H and O–H groups in total. The molecule has 0 saturated carbocycles. The Balaban J connectivity index is 0.000000642. The Morgan fingerprint density at radius 3 is 0.800 bits per heavy atom. The molecule has 0 atom stereocenters. The number of hydrogen-bond acceptors (Lipinski definition) is 0. The minimum Gasteiger partial charge on any atom is -0.687 e. The molecule has 0 unspecified atom stereocenters. The van der Waals surface area contributed by atoms with Gasteiger partial charge in [0.25, 0.3) is 0 Å². The average Bonchev–Trinajstić information content (AvgIpc) is 2.65. The van der Waals surface area contributed by atoms with E-state index >= 15 is 0 Å². The molecule has 2 aromatic carbocycles. The summed E-state index contributed by atoms with van der Waals surface area (Å²) < 4.78 is 0. The Labute approximate surface area is 230 Å². The van der Waals surface area contributed by atoms with E-state index in [2.05, 4.69) is 131 Å². The van der Waals surface area contributed by atoms with Crippen molar-refractivity contribution in [1.82, 2.24) is 0 Å². The molecule has 199 valence electrons. The Hall–Kier alpha value is -1.02. The fourth-order valence-electron chi connectivity index (χ4n) is 3.95. The van der Waals surface area contributed by atoms with Crippen LogP contribution in [0.3, 0.4) is 0 Å². The molecular weight excluding hydrogens is 503 g/mol. The summed E-state index contributed by atoms with van der Waals surface area (Å²) in [6, 6.07) is 13.3. The molecule has 0 aliphatic carbocycles. The van der Waals surface area contributed by atoms with Crippen LogP contribution >= 0.6 is 0 Å². The molecule has 2 aromatic rings. The first-order valence-corrected chi connectivity index (χ1v) is 20.1. The molecular formula is C30H52CoN2Si2. The van der Waals surface area contributed by atoms with E-state index in [0.29, 0.717) is 23.7 Å². The number of hydrogen-bond donors (Lipinski definition) is 0. The topological polar surface area (TPSA) is 28.2 Å². The molecule has 0 bridgehead atoms. The van der Waals surface area contributed by atoms with Gasteiger partial charge in [0.2, 0.25) is 0 Å². The summed E-state index contributed by atoms with van der Waals surface area (Å²) in [5.74, 6) is 2.18. The third kappa shape index (κ3) is 11.3. The third-order valence-corrected chi connectivity index (χ3v) is 7.37. The second-order valence-corrected chi connectivity index (χ2v) is 21.9. The van der Waals surface area contributed by atoms with Crippen molar-refractivity contribution in [3.63, 3.8) is 0 Å². The molecule has 2 rings (SSSR count). The summed E-state index contributed by atoms with van der Waals surface area (Å²) in [5, 5.41) is 0. The van der Waals surface area contributed by atoms with Gasteiger partial charge in [-0.2, -0.15) is 0 Å². The van der Waals surface area contributed by atoms with Crippen LogP contribution in [0.1, 0.15) is 101 Å². The fraction of sp³-hybridized carbons (Fsp3) is 0.600. The van der Waals surface area contributed by atoms with Gasteiger partial charge in [-0.15, -0.1) is 11.4 Å². The van der Waals surface area contributed by atoms with E-state index in [1.54, 1.807) is 0 Å². The molecule has 0 aliphatic heterocycles. The maximum absolute atomic E-state index is 5.07. The first-order valence-electron chi connectivity index (χ1n) is 13.2. The summed E-state index contributed by atoms with van der Waals surface area (Å²) in [4.78, 5) is 10.1. The zero-order valence-corrected chi connectivity index (χ0v) is 28.0. The first kappa shape index (κ1) is 34.0. The van der Waals surface area contributed by atoms with Gasteiger partial charge in [-0.05, 0) is 40.1 Å². The maximum Gasteiger partial charge on any atom is 2.00 e. The van der Waals surface area contributed by atoms with E-state index in [9.17, 15) is 0 Å². The van der Waals surface area contributed by atoms with Crippen LogP contribution in [0.25, 0.3) is 9.96 Å². The Morgan fingerprint density at radius 2 is 0.657 bits per heavy atom. The van der Waals surface area contributed by atoms with Crippen LogP contribution in [0.4, 0.5) is 11.4 Å². The summed E-state index contributed by atoms with van der Waals surface area (Å²) in [6.45, 7) is 31.8. The first-order chi connectivity index (χ1) is 15.4. The van der Waals surface area contributed by atoms with Crippen LogP contribution in [-0.2, 0) is 16.8 Å². The van der Waals surface area contributed by atoms with Crippen molar-refractivity contribution in [2.75, 3.05) is 0 Å². The van der Waals surface area contributed by atoms with E-state index < -0.39 is 16.5 Å². The van der Waals surface area contributed by atoms with Crippen molar-refractivity contribution in [3.05, 3.63) is 68.6 Å². The molecule has 0 amide bonds. The molecule has 0 aromatic heterocycles. The molecule has 0 fully saturated rings. The fourth-order valence-corrected chi connectivity index (χ4v) is 5.81. The van der Waals surface area contributed by atoms with Gasteiger partial charge in [-0.1, -0.05) is 153 Å². The predicted molar refractivity (Wildman–Crippen MR) is 162 cm³/mol. The van der Waals surface area contributed by atoms with E-state index in [1.165, 1.54) is 33.6 Å². The monoisotopic (exact) mass is 555 g/mol. The second kappa shape index (κ2) is 14.1. The molecule has 0 spiro atoms. The van der Waals surface area contributed by atoms with Gasteiger partial charge >= 0.3 is 16.8 Å². The minimum atomic E-state index is -1.43. The number of benzene rings is 2. The summed E-state index contributed by atoms with van der Waals surface area (Å²) in [5.41, 5.74) is 8.16. The maximum atomic E-state index is 5.07. The zero-order valence-electron chi connectivity index (χ0n) is 25.0. The third-order valence-electron chi connectivity index (χ3n) is 5.58. The normalized spacial score (nSPS) is 11.9. The standard InChI is InChI=1S/2C15H26NSi.Co/c2*1-11(2)13-9-8-10-14(12(3)4)15(13)16-17(5,6)7;/h2*8-12H,1-7H3;/q2*-1;+2. The van der Waals surface area contributed by atoms with Crippen LogP contribution in [-0.4, -0.2) is 16.5 Å². The van der Waals surface area contributed by atoms with Crippen molar-refractivity contribution < 1.29 is 16.8 Å². The Morgan fingerprint density at radius 1 is 0.457 bits per heavy atom. The molecule has 1 radical (unpaired) electrons. The number of rotatable bonds is 8. The van der Waals surface area contributed by atoms with Crippen molar-refractivity contribution in [2.24, 2.45) is 0 Å². The van der Waals surface area contributed by atoms with Gasteiger partial charge < -0.3 is 9.96 Å². The van der Waals surface area contributed by atoms with E-state index in [0.717, 1.165) is 0 Å². The molecule has 2 nitrogen and oxygen atoms in total. The minimum absolute atomic E-state index is 0. The predicted octanol–water partition coefficient (Wildman–Crippen LogP) is 11.5. The van der Waals surface area contributed by atoms with Crippen molar-refractivity contribution in [1.29, 1.82) is 0 Å². The van der Waals surface area contributed by atoms with E-state index in [1.807, 2.05) is 0 Å². The van der Waals surface area contributed by atoms with Gasteiger partial charge in [-0.3, -0.25) is 0 Å². The van der Waals surface area contributed by atoms with Crippen molar-refractivity contribution in [3.8, 4) is 0 Å². The van der Waals surface area contributed by atoms with Crippen LogP contribution in [0, 0.1) is 0 Å². The van der Waals surface area contributed by atoms with Crippen molar-refractivity contribution in [2.45, 2.75) is 118 Å². The van der Waals surface area contributed by atoms with Crippen LogP contribution < -0.4 is 0 Å². The van der Waals surface area contributed by atoms with Gasteiger partial charge in [0, 0.05) is 0 Å². The van der Waals surface area contributed by atoms with Gasteiger partial charge in [0.15, 0.2) is 0 Å². The van der Waals surface area contributed by atoms with Gasteiger partial charge in [0.05, 0.1) is 0 Å². The second-order valence-electron chi connectivity index (χ2n) is 12.8. The SMILES string of the molecule is CC(C)c1cccc(C(C)C)c1[N-][Si](C)(C)C.CC(C)c1cccc(C(C)C)c1[N-][Si](C)(C)C.[Co+2]. The molecule has 5 heteroatoms. The zero-order chi connectivity index (χ0) is 26.4.